The number of hydrogen-bond donors (Lipinski definition) is 1. The summed E-state index contributed by atoms with van der Waals surface area (Å²) in [4.78, 5) is 11.3. The molecule has 0 aromatic heterocycles. The van der Waals surface area contributed by atoms with Crippen molar-refractivity contribution in [1.29, 1.82) is 10.5 Å². The Morgan fingerprint density at radius 2 is 2.00 bits per heavy atom. The fraction of sp³-hybridized carbons (Fsp3) is 0.182. The van der Waals surface area contributed by atoms with Gasteiger partial charge < -0.3 is 5.32 Å². The van der Waals surface area contributed by atoms with Gasteiger partial charge in [-0.25, -0.2) is 0 Å². The van der Waals surface area contributed by atoms with Gasteiger partial charge in [-0.05, 0) is 25.1 Å². The van der Waals surface area contributed by atoms with Crippen molar-refractivity contribution in [3.8, 4) is 12.1 Å². The number of nitrogens with zero attached hydrogens (tertiary/aromatic N) is 2. The van der Waals surface area contributed by atoms with Gasteiger partial charge in [0, 0.05) is 5.69 Å². The summed E-state index contributed by atoms with van der Waals surface area (Å²) < 4.78 is 0. The van der Waals surface area contributed by atoms with E-state index in [1.54, 1.807) is 13.0 Å². The van der Waals surface area contributed by atoms with E-state index in [1.165, 1.54) is 12.1 Å². The summed E-state index contributed by atoms with van der Waals surface area (Å²) in [5, 5.41) is 19.4. The lowest BCUT2D eigenvalue weighted by molar-refractivity contribution is -0.115. The maximum absolute atomic E-state index is 11.3. The molecule has 4 nitrogen and oxygen atoms in total. The molecule has 0 aliphatic rings. The average Bonchev–Trinajstić information content (AvgIpc) is 2.28. The quantitative estimate of drug-likeness (QED) is 0.794. The van der Waals surface area contributed by atoms with E-state index in [2.05, 4.69) is 5.32 Å². The van der Waals surface area contributed by atoms with Crippen molar-refractivity contribution in [2.45, 2.75) is 12.3 Å². The van der Waals surface area contributed by atoms with Crippen LogP contribution in [0.2, 0.25) is 0 Å². The molecule has 0 heterocycles. The van der Waals surface area contributed by atoms with Crippen molar-refractivity contribution in [1.82, 2.24) is 0 Å². The Kier molecular flexibility index (Phi) is 3.88. The van der Waals surface area contributed by atoms with Crippen LogP contribution in [-0.2, 0) is 4.79 Å². The summed E-state index contributed by atoms with van der Waals surface area (Å²) in [7, 11) is 0. The molecule has 16 heavy (non-hydrogen) atoms. The van der Waals surface area contributed by atoms with Gasteiger partial charge in [0.15, 0.2) is 0 Å². The lowest BCUT2D eigenvalue weighted by Gasteiger charge is -2.06. The monoisotopic (exact) mass is 233 g/mol. The Labute approximate surface area is 98.1 Å². The van der Waals surface area contributed by atoms with Crippen LogP contribution in [0.25, 0.3) is 0 Å². The van der Waals surface area contributed by atoms with Crippen LogP contribution >= 0.6 is 11.6 Å². The third-order valence-corrected chi connectivity index (χ3v) is 2.09. The van der Waals surface area contributed by atoms with E-state index in [4.69, 9.17) is 22.1 Å². The Hall–Kier alpha value is -2.04. The first-order chi connectivity index (χ1) is 7.58. The number of hydrogen-bond acceptors (Lipinski definition) is 3. The first-order valence-electron chi connectivity index (χ1n) is 4.47. The molecule has 0 spiro atoms. The minimum absolute atomic E-state index is 0.225. The predicted molar refractivity (Wildman–Crippen MR) is 59.8 cm³/mol. The van der Waals surface area contributed by atoms with Gasteiger partial charge in [-0.2, -0.15) is 10.5 Å². The molecule has 80 valence electrons. The number of halogens is 1. The minimum Gasteiger partial charge on any atom is -0.325 e. The third-order valence-electron chi connectivity index (χ3n) is 1.89. The van der Waals surface area contributed by atoms with E-state index in [0.29, 0.717) is 5.69 Å². The Balaban J connectivity index is 2.98. The Morgan fingerprint density at radius 3 is 2.50 bits per heavy atom. The second kappa shape index (κ2) is 5.16. The van der Waals surface area contributed by atoms with Crippen LogP contribution < -0.4 is 5.32 Å². The summed E-state index contributed by atoms with van der Waals surface area (Å²) in [6.07, 6.45) is 0. The van der Waals surface area contributed by atoms with Crippen molar-refractivity contribution >= 4 is 23.2 Å². The highest BCUT2D eigenvalue weighted by atomic mass is 35.5. The van der Waals surface area contributed by atoms with Crippen molar-refractivity contribution in [3.05, 3.63) is 29.3 Å². The molecular weight excluding hydrogens is 226 g/mol. The fourth-order valence-corrected chi connectivity index (χ4v) is 1.11. The first-order valence-corrected chi connectivity index (χ1v) is 4.91. The fourth-order valence-electron chi connectivity index (χ4n) is 1.05. The molecule has 1 unspecified atom stereocenters. The predicted octanol–water partition coefficient (Wildman–Crippen LogP) is 2.00. The summed E-state index contributed by atoms with van der Waals surface area (Å²) >= 11 is 5.58. The molecular formula is C11H8ClN3O. The second-order valence-corrected chi connectivity index (χ2v) is 3.74. The van der Waals surface area contributed by atoms with Crippen LogP contribution in [0.15, 0.2) is 18.2 Å². The SMILES string of the molecule is CC(Cl)C(=O)Nc1ccc(C#N)c(C#N)c1. The molecule has 1 aromatic rings. The summed E-state index contributed by atoms with van der Waals surface area (Å²) in [5.74, 6) is -0.352. The van der Waals surface area contributed by atoms with Gasteiger partial charge in [0.05, 0.1) is 11.1 Å². The van der Waals surface area contributed by atoms with Gasteiger partial charge in [-0.1, -0.05) is 0 Å². The number of amides is 1. The van der Waals surface area contributed by atoms with E-state index >= 15 is 0 Å². The number of nitrogens with one attached hydrogen (secondary N) is 1. The summed E-state index contributed by atoms with van der Waals surface area (Å²) in [6.45, 7) is 1.55. The van der Waals surface area contributed by atoms with Crippen LogP contribution in [0.4, 0.5) is 5.69 Å². The van der Waals surface area contributed by atoms with Gasteiger partial charge >= 0.3 is 0 Å². The number of carbonyl (C=O) groups is 1. The van der Waals surface area contributed by atoms with E-state index in [0.717, 1.165) is 0 Å². The maximum Gasteiger partial charge on any atom is 0.242 e. The van der Waals surface area contributed by atoms with Crippen molar-refractivity contribution < 1.29 is 4.79 Å². The number of carbonyl (C=O) groups excluding carboxylic acids is 1. The van der Waals surface area contributed by atoms with Crippen LogP contribution in [0, 0.1) is 22.7 Å². The molecule has 0 bridgehead atoms. The van der Waals surface area contributed by atoms with Gasteiger partial charge in [-0.15, -0.1) is 11.6 Å². The number of alkyl halides is 1. The average molecular weight is 234 g/mol. The van der Waals surface area contributed by atoms with Crippen molar-refractivity contribution in [2.24, 2.45) is 0 Å². The van der Waals surface area contributed by atoms with Crippen LogP contribution in [-0.4, -0.2) is 11.3 Å². The molecule has 0 fully saturated rings. The molecule has 0 saturated heterocycles. The number of nitriles is 2. The van der Waals surface area contributed by atoms with Crippen molar-refractivity contribution in [2.75, 3.05) is 5.32 Å². The molecule has 1 rings (SSSR count). The van der Waals surface area contributed by atoms with Gasteiger partial charge in [0.2, 0.25) is 5.91 Å². The third kappa shape index (κ3) is 2.73. The Morgan fingerprint density at radius 1 is 1.38 bits per heavy atom. The number of rotatable bonds is 2. The topological polar surface area (TPSA) is 76.7 Å². The first kappa shape index (κ1) is 12.0. The molecule has 1 aromatic carbocycles. The van der Waals surface area contributed by atoms with Gasteiger partial charge in [0.1, 0.15) is 17.5 Å². The smallest absolute Gasteiger partial charge is 0.242 e. The molecule has 0 radical (unpaired) electrons. The molecule has 5 heteroatoms. The van der Waals surface area contributed by atoms with Gasteiger partial charge in [-0.3, -0.25) is 4.79 Å². The maximum atomic E-state index is 11.3. The molecule has 1 atom stereocenters. The lowest BCUT2D eigenvalue weighted by Crippen LogP contribution is -2.20. The van der Waals surface area contributed by atoms with Crippen molar-refractivity contribution in [3.63, 3.8) is 0 Å². The zero-order valence-electron chi connectivity index (χ0n) is 8.49. The molecule has 0 aliphatic heterocycles. The molecule has 0 aliphatic carbocycles. The highest BCUT2D eigenvalue weighted by Crippen LogP contribution is 2.15. The largest absolute Gasteiger partial charge is 0.325 e. The van der Waals surface area contributed by atoms with E-state index in [1.807, 2.05) is 12.1 Å². The minimum atomic E-state index is -0.652. The van der Waals surface area contributed by atoms with Crippen LogP contribution in [0.3, 0.4) is 0 Å². The zero-order valence-corrected chi connectivity index (χ0v) is 9.25. The highest BCUT2D eigenvalue weighted by Gasteiger charge is 2.10. The lowest BCUT2D eigenvalue weighted by atomic mass is 10.1. The number of benzene rings is 1. The van der Waals surface area contributed by atoms with Gasteiger partial charge in [0.25, 0.3) is 0 Å². The zero-order chi connectivity index (χ0) is 12.1. The second-order valence-electron chi connectivity index (χ2n) is 3.09. The normalized spacial score (nSPS) is 11.0. The van der Waals surface area contributed by atoms with Crippen LogP contribution in [0.5, 0.6) is 0 Å². The van der Waals surface area contributed by atoms with Crippen LogP contribution in [0.1, 0.15) is 18.1 Å². The van der Waals surface area contributed by atoms with E-state index < -0.39 is 5.38 Å². The van der Waals surface area contributed by atoms with E-state index in [-0.39, 0.29) is 17.0 Å². The standard InChI is InChI=1S/C11H8ClN3O/c1-7(12)11(16)15-10-3-2-8(5-13)9(4-10)6-14/h2-4,7H,1H3,(H,15,16). The van der Waals surface area contributed by atoms with E-state index in [9.17, 15) is 4.79 Å². The summed E-state index contributed by atoms with van der Waals surface area (Å²) in [5.41, 5.74) is 0.954. The highest BCUT2D eigenvalue weighted by molar-refractivity contribution is 6.32. The number of anilines is 1. The summed E-state index contributed by atoms with van der Waals surface area (Å²) in [6, 6.07) is 8.24. The molecule has 0 saturated carbocycles. The molecule has 1 amide bonds. The molecule has 1 N–H and O–H groups in total. The Bertz CT molecular complexity index is 497.